The molecule has 1 aromatic carbocycles. The summed E-state index contributed by atoms with van der Waals surface area (Å²) in [6.45, 7) is 2.42. The van der Waals surface area contributed by atoms with Crippen molar-refractivity contribution in [3.05, 3.63) is 65.9 Å². The van der Waals surface area contributed by atoms with Gasteiger partial charge in [0.15, 0.2) is 0 Å². The summed E-state index contributed by atoms with van der Waals surface area (Å²) in [5.74, 6) is 1.08. The number of anilines is 2. The van der Waals surface area contributed by atoms with Gasteiger partial charge in [0.25, 0.3) is 0 Å². The van der Waals surface area contributed by atoms with Gasteiger partial charge in [-0.15, -0.1) is 0 Å². The number of halogens is 1. The first-order valence-electron chi connectivity index (χ1n) is 10.4. The molecule has 8 heteroatoms. The van der Waals surface area contributed by atoms with E-state index in [1.165, 1.54) is 18.9 Å². The molecule has 30 heavy (non-hydrogen) atoms. The molecule has 0 radical (unpaired) electrons. The first-order chi connectivity index (χ1) is 14.7. The van der Waals surface area contributed by atoms with Gasteiger partial charge in [-0.05, 0) is 75.0 Å². The highest BCUT2D eigenvalue weighted by atomic mass is 32.2. The van der Waals surface area contributed by atoms with Crippen molar-refractivity contribution < 1.29 is 4.39 Å². The van der Waals surface area contributed by atoms with Crippen molar-refractivity contribution in [2.75, 3.05) is 29.7 Å². The molecule has 1 aromatic heterocycles. The van der Waals surface area contributed by atoms with E-state index < -0.39 is 0 Å². The number of pyridine rings is 1. The fraction of sp³-hybridized carbons (Fsp3) is 0.409. The normalized spacial score (nSPS) is 18.2. The summed E-state index contributed by atoms with van der Waals surface area (Å²) < 4.78 is 17.1. The third kappa shape index (κ3) is 5.79. The smallest absolute Gasteiger partial charge is 0.146 e. The van der Waals surface area contributed by atoms with Crippen molar-refractivity contribution in [2.45, 2.75) is 36.9 Å². The molecular weight excluding hydrogens is 399 g/mol. The lowest BCUT2D eigenvalue weighted by atomic mass is 9.93. The van der Waals surface area contributed by atoms with Crippen molar-refractivity contribution in [3.63, 3.8) is 0 Å². The molecule has 3 N–H and O–H groups in total. The molecule has 158 valence electrons. The van der Waals surface area contributed by atoms with Crippen LogP contribution in [0.25, 0.3) is 0 Å². The zero-order valence-corrected chi connectivity index (χ0v) is 17.7. The molecule has 2 heterocycles. The van der Waals surface area contributed by atoms with Crippen LogP contribution in [0.5, 0.6) is 0 Å². The van der Waals surface area contributed by atoms with Crippen LogP contribution in [0, 0.1) is 11.3 Å². The lowest BCUT2D eigenvalue weighted by molar-refractivity contribution is 0.225. The highest BCUT2D eigenvalue weighted by molar-refractivity contribution is 8.01. The SMILES string of the molecule is N=N/C(=C\Nc1ccccc1F)CN1CCC(c2cccc(NSC3CC3)n2)CC1. The molecule has 0 amide bonds. The summed E-state index contributed by atoms with van der Waals surface area (Å²) in [6, 6.07) is 12.7. The van der Waals surface area contributed by atoms with Gasteiger partial charge in [0, 0.05) is 29.6 Å². The lowest BCUT2D eigenvalue weighted by Crippen LogP contribution is -2.34. The summed E-state index contributed by atoms with van der Waals surface area (Å²) in [7, 11) is 0. The third-order valence-electron chi connectivity index (χ3n) is 5.43. The van der Waals surface area contributed by atoms with E-state index >= 15 is 0 Å². The average Bonchev–Trinajstić information content (AvgIpc) is 3.61. The minimum absolute atomic E-state index is 0.321. The van der Waals surface area contributed by atoms with E-state index in [0.717, 1.165) is 42.7 Å². The Morgan fingerprint density at radius 2 is 1.97 bits per heavy atom. The van der Waals surface area contributed by atoms with Crippen LogP contribution < -0.4 is 10.0 Å². The number of rotatable bonds is 9. The van der Waals surface area contributed by atoms with Gasteiger partial charge in [-0.3, -0.25) is 4.90 Å². The number of hydrogen-bond donors (Lipinski definition) is 3. The standard InChI is InChI=1S/C22H27FN6S/c23-19-4-1-2-5-21(19)25-14-17(27-24)15-29-12-10-16(11-13-29)20-6-3-7-22(26-20)28-30-18-8-9-18/h1-7,14,16,18,24-25H,8-13,15H2,(H,26,28)/b17-14-,27-24?. The Kier molecular flexibility index (Phi) is 6.96. The first-order valence-corrected chi connectivity index (χ1v) is 11.3. The number of aromatic nitrogens is 1. The Bertz CT molecular complexity index is 893. The monoisotopic (exact) mass is 426 g/mol. The molecule has 1 aliphatic heterocycles. The highest BCUT2D eigenvalue weighted by Gasteiger charge is 2.24. The van der Waals surface area contributed by atoms with E-state index in [1.54, 1.807) is 36.3 Å². The molecule has 1 aliphatic carbocycles. The summed E-state index contributed by atoms with van der Waals surface area (Å²) in [5.41, 5.74) is 9.57. The van der Waals surface area contributed by atoms with Crippen LogP contribution in [0.3, 0.4) is 0 Å². The lowest BCUT2D eigenvalue weighted by Gasteiger charge is -2.31. The molecule has 0 unspecified atom stereocenters. The van der Waals surface area contributed by atoms with Crippen LogP contribution in [-0.2, 0) is 0 Å². The van der Waals surface area contributed by atoms with Gasteiger partial charge < -0.3 is 10.0 Å². The zero-order chi connectivity index (χ0) is 20.8. The van der Waals surface area contributed by atoms with E-state index in [-0.39, 0.29) is 5.82 Å². The molecule has 1 saturated carbocycles. The predicted molar refractivity (Wildman–Crippen MR) is 120 cm³/mol. The minimum Gasteiger partial charge on any atom is -0.358 e. The number of nitrogens with zero attached hydrogens (tertiary/aromatic N) is 3. The number of likely N-dealkylation sites (tertiary alicyclic amines) is 1. The fourth-order valence-electron chi connectivity index (χ4n) is 3.53. The van der Waals surface area contributed by atoms with Gasteiger partial charge in [-0.2, -0.15) is 5.11 Å². The maximum Gasteiger partial charge on any atom is 0.146 e. The van der Waals surface area contributed by atoms with E-state index in [4.69, 9.17) is 10.5 Å². The van der Waals surface area contributed by atoms with Crippen LogP contribution >= 0.6 is 11.9 Å². The minimum atomic E-state index is -0.321. The number of hydrogen-bond acceptors (Lipinski definition) is 7. The molecule has 0 bridgehead atoms. The van der Waals surface area contributed by atoms with Crippen LogP contribution in [-0.4, -0.2) is 34.8 Å². The van der Waals surface area contributed by atoms with Crippen molar-refractivity contribution in [2.24, 2.45) is 5.11 Å². The third-order valence-corrected chi connectivity index (χ3v) is 6.56. The van der Waals surface area contributed by atoms with E-state index in [0.29, 0.717) is 23.8 Å². The van der Waals surface area contributed by atoms with Crippen molar-refractivity contribution in [3.8, 4) is 0 Å². The Morgan fingerprint density at radius 3 is 2.70 bits per heavy atom. The van der Waals surface area contributed by atoms with Crippen LogP contribution in [0.4, 0.5) is 15.9 Å². The van der Waals surface area contributed by atoms with E-state index in [1.807, 2.05) is 6.07 Å². The van der Waals surface area contributed by atoms with Crippen molar-refractivity contribution >= 4 is 23.5 Å². The maximum atomic E-state index is 13.7. The maximum absolute atomic E-state index is 13.7. The second-order valence-corrected chi connectivity index (χ2v) is 8.90. The van der Waals surface area contributed by atoms with Gasteiger partial charge in [0.1, 0.15) is 11.6 Å². The fourth-order valence-corrected chi connectivity index (χ4v) is 4.31. The predicted octanol–water partition coefficient (Wildman–Crippen LogP) is 5.61. The molecule has 6 nitrogen and oxygen atoms in total. The van der Waals surface area contributed by atoms with Gasteiger partial charge in [0.05, 0.1) is 11.4 Å². The summed E-state index contributed by atoms with van der Waals surface area (Å²) >= 11 is 1.78. The van der Waals surface area contributed by atoms with E-state index in [2.05, 4.69) is 32.2 Å². The van der Waals surface area contributed by atoms with Gasteiger partial charge in [0.2, 0.25) is 0 Å². The largest absolute Gasteiger partial charge is 0.358 e. The van der Waals surface area contributed by atoms with Crippen LogP contribution in [0.1, 0.15) is 37.3 Å². The summed E-state index contributed by atoms with van der Waals surface area (Å²) in [5, 5.41) is 7.29. The number of piperidine rings is 1. The average molecular weight is 427 g/mol. The summed E-state index contributed by atoms with van der Waals surface area (Å²) in [6.07, 6.45) is 6.27. The summed E-state index contributed by atoms with van der Waals surface area (Å²) in [4.78, 5) is 7.10. The topological polar surface area (TPSA) is 76.4 Å². The Labute approximate surface area is 181 Å². The number of benzene rings is 1. The van der Waals surface area contributed by atoms with Crippen molar-refractivity contribution in [1.82, 2.24) is 9.88 Å². The molecule has 2 fully saturated rings. The van der Waals surface area contributed by atoms with Crippen molar-refractivity contribution in [1.29, 1.82) is 5.53 Å². The molecule has 0 atom stereocenters. The van der Waals surface area contributed by atoms with Gasteiger partial charge >= 0.3 is 0 Å². The van der Waals surface area contributed by atoms with Gasteiger partial charge in [-0.1, -0.05) is 18.2 Å². The molecule has 0 spiro atoms. The van der Waals surface area contributed by atoms with E-state index in [9.17, 15) is 4.39 Å². The molecule has 2 aromatic rings. The molecule has 2 aliphatic rings. The number of nitrogens with one attached hydrogen (secondary N) is 3. The Balaban J connectivity index is 1.28. The molecule has 4 rings (SSSR count). The van der Waals surface area contributed by atoms with Gasteiger partial charge in [-0.25, -0.2) is 14.9 Å². The molecule has 1 saturated heterocycles. The van der Waals surface area contributed by atoms with Crippen LogP contribution in [0.15, 0.2) is 59.5 Å². The Hall–Kier alpha value is -2.45. The second kappa shape index (κ2) is 10.0. The second-order valence-electron chi connectivity index (χ2n) is 7.79. The number of para-hydroxylation sites is 1. The highest BCUT2D eigenvalue weighted by Crippen LogP contribution is 2.34. The zero-order valence-electron chi connectivity index (χ0n) is 16.9. The Morgan fingerprint density at radius 1 is 1.17 bits per heavy atom. The van der Waals surface area contributed by atoms with Crippen LogP contribution in [0.2, 0.25) is 0 Å². The molecular formula is C22H27FN6S. The quantitative estimate of drug-likeness (QED) is 0.359. The first kappa shape index (κ1) is 20.8.